The molecular weight excluding hydrogens is 244 g/mol. The molecular formula is C14H22N2O3. The molecule has 5 nitrogen and oxygen atoms in total. The second-order valence-corrected chi connectivity index (χ2v) is 5.08. The second kappa shape index (κ2) is 6.73. The van der Waals surface area contributed by atoms with Crippen molar-refractivity contribution in [3.8, 4) is 0 Å². The molecule has 1 heterocycles. The number of aliphatic hydroxyl groups excluding tert-OH is 1. The van der Waals surface area contributed by atoms with Crippen LogP contribution in [-0.4, -0.2) is 41.7 Å². The van der Waals surface area contributed by atoms with Gasteiger partial charge in [-0.15, -0.1) is 0 Å². The van der Waals surface area contributed by atoms with E-state index in [4.69, 9.17) is 9.52 Å². The van der Waals surface area contributed by atoms with Gasteiger partial charge in [0.05, 0.1) is 18.8 Å². The van der Waals surface area contributed by atoms with Gasteiger partial charge in [0.2, 0.25) is 5.91 Å². The summed E-state index contributed by atoms with van der Waals surface area (Å²) in [6.07, 6.45) is 4.64. The van der Waals surface area contributed by atoms with Crippen LogP contribution in [0.4, 0.5) is 0 Å². The van der Waals surface area contributed by atoms with Gasteiger partial charge < -0.3 is 14.8 Å². The van der Waals surface area contributed by atoms with Gasteiger partial charge in [0.25, 0.3) is 0 Å². The Morgan fingerprint density at radius 1 is 1.63 bits per heavy atom. The summed E-state index contributed by atoms with van der Waals surface area (Å²) in [5.74, 6) is 0.774. The van der Waals surface area contributed by atoms with Crippen LogP contribution in [0.2, 0.25) is 0 Å². The molecule has 1 aliphatic carbocycles. The number of carbonyl (C=O) groups excluding carboxylic acids is 1. The lowest BCUT2D eigenvalue weighted by molar-refractivity contribution is -0.123. The topological polar surface area (TPSA) is 65.7 Å². The Bertz CT molecular complexity index is 387. The third-order valence-electron chi connectivity index (χ3n) is 3.36. The number of rotatable bonds is 8. The molecule has 2 rings (SSSR count). The van der Waals surface area contributed by atoms with Crippen molar-refractivity contribution in [2.75, 3.05) is 19.7 Å². The molecule has 1 aromatic heterocycles. The van der Waals surface area contributed by atoms with Crippen LogP contribution in [0.15, 0.2) is 22.8 Å². The molecule has 5 heteroatoms. The first-order valence-electron chi connectivity index (χ1n) is 6.88. The zero-order valence-corrected chi connectivity index (χ0v) is 11.3. The average Bonchev–Trinajstić information content (AvgIpc) is 3.08. The van der Waals surface area contributed by atoms with Gasteiger partial charge in [0.15, 0.2) is 0 Å². The van der Waals surface area contributed by atoms with Crippen molar-refractivity contribution in [3.05, 3.63) is 24.2 Å². The standard InChI is InChI=1S/C14H22N2O3/c1-11(13-4-2-9-19-13)15-14(18)10-16(7-3-8-17)12-5-6-12/h2,4,9,11-12,17H,3,5-8,10H2,1H3,(H,15,18)/t11-/m1/s1. The summed E-state index contributed by atoms with van der Waals surface area (Å²) in [7, 11) is 0. The molecule has 0 unspecified atom stereocenters. The summed E-state index contributed by atoms with van der Waals surface area (Å²) >= 11 is 0. The number of nitrogens with zero attached hydrogens (tertiary/aromatic N) is 1. The number of hydrogen-bond donors (Lipinski definition) is 2. The van der Waals surface area contributed by atoms with Crippen molar-refractivity contribution in [3.63, 3.8) is 0 Å². The van der Waals surface area contributed by atoms with Crippen molar-refractivity contribution in [1.29, 1.82) is 0 Å². The van der Waals surface area contributed by atoms with Crippen LogP contribution in [-0.2, 0) is 4.79 Å². The molecule has 0 aliphatic heterocycles. The van der Waals surface area contributed by atoms with Crippen LogP contribution in [0.5, 0.6) is 0 Å². The summed E-state index contributed by atoms with van der Waals surface area (Å²) in [6, 6.07) is 4.09. The molecule has 0 aromatic carbocycles. The fraction of sp³-hybridized carbons (Fsp3) is 0.643. The van der Waals surface area contributed by atoms with E-state index in [2.05, 4.69) is 10.2 Å². The first-order valence-corrected chi connectivity index (χ1v) is 6.88. The molecule has 1 atom stereocenters. The fourth-order valence-corrected chi connectivity index (χ4v) is 2.18. The minimum absolute atomic E-state index is 0.00809. The molecule has 106 valence electrons. The molecule has 2 N–H and O–H groups in total. The van der Waals surface area contributed by atoms with Crippen molar-refractivity contribution >= 4 is 5.91 Å². The Kier molecular flexibility index (Phi) is 4.99. The van der Waals surface area contributed by atoms with Crippen molar-refractivity contribution in [1.82, 2.24) is 10.2 Å². The first-order chi connectivity index (χ1) is 9.20. The predicted molar refractivity (Wildman–Crippen MR) is 71.6 cm³/mol. The normalized spacial score (nSPS) is 16.6. The minimum Gasteiger partial charge on any atom is -0.467 e. The van der Waals surface area contributed by atoms with Gasteiger partial charge in [0, 0.05) is 19.2 Å². The van der Waals surface area contributed by atoms with Crippen LogP contribution in [0, 0.1) is 0 Å². The number of nitrogens with one attached hydrogen (secondary N) is 1. The average molecular weight is 266 g/mol. The molecule has 1 saturated carbocycles. The maximum Gasteiger partial charge on any atom is 0.234 e. The van der Waals surface area contributed by atoms with E-state index in [0.717, 1.165) is 31.6 Å². The Morgan fingerprint density at radius 2 is 2.42 bits per heavy atom. The van der Waals surface area contributed by atoms with Gasteiger partial charge in [0.1, 0.15) is 5.76 Å². The molecule has 0 bridgehead atoms. The SMILES string of the molecule is C[C@@H](NC(=O)CN(CCCO)C1CC1)c1ccco1. The van der Waals surface area contributed by atoms with E-state index in [0.29, 0.717) is 12.6 Å². The van der Waals surface area contributed by atoms with Crippen LogP contribution in [0.25, 0.3) is 0 Å². The number of furan rings is 1. The third-order valence-corrected chi connectivity index (χ3v) is 3.36. The Hall–Kier alpha value is -1.33. The van der Waals surface area contributed by atoms with Gasteiger partial charge in [-0.25, -0.2) is 0 Å². The van der Waals surface area contributed by atoms with E-state index in [-0.39, 0.29) is 18.6 Å². The van der Waals surface area contributed by atoms with Crippen LogP contribution in [0.3, 0.4) is 0 Å². The fourth-order valence-electron chi connectivity index (χ4n) is 2.18. The molecule has 0 spiro atoms. The zero-order chi connectivity index (χ0) is 13.7. The lowest BCUT2D eigenvalue weighted by Gasteiger charge is -2.22. The molecule has 1 aliphatic rings. The van der Waals surface area contributed by atoms with Gasteiger partial charge >= 0.3 is 0 Å². The van der Waals surface area contributed by atoms with Crippen molar-refractivity contribution in [2.45, 2.75) is 38.3 Å². The van der Waals surface area contributed by atoms with E-state index in [1.165, 1.54) is 0 Å². The summed E-state index contributed by atoms with van der Waals surface area (Å²) in [5, 5.41) is 11.8. The molecule has 1 fully saturated rings. The highest BCUT2D eigenvalue weighted by Gasteiger charge is 2.30. The Labute approximate surface area is 113 Å². The predicted octanol–water partition coefficient (Wildman–Crippen LogP) is 1.30. The Morgan fingerprint density at radius 3 is 3.00 bits per heavy atom. The maximum absolute atomic E-state index is 12.0. The number of aliphatic hydroxyl groups is 1. The quantitative estimate of drug-likeness (QED) is 0.744. The monoisotopic (exact) mass is 266 g/mol. The number of carbonyl (C=O) groups is 1. The van der Waals surface area contributed by atoms with E-state index >= 15 is 0 Å². The Balaban J connectivity index is 1.78. The lowest BCUT2D eigenvalue weighted by Crippen LogP contribution is -2.40. The van der Waals surface area contributed by atoms with E-state index in [1.807, 2.05) is 19.1 Å². The van der Waals surface area contributed by atoms with Gasteiger partial charge in [-0.3, -0.25) is 9.69 Å². The third kappa shape index (κ3) is 4.36. The number of hydrogen-bond acceptors (Lipinski definition) is 4. The number of amides is 1. The van der Waals surface area contributed by atoms with E-state index in [1.54, 1.807) is 6.26 Å². The zero-order valence-electron chi connectivity index (χ0n) is 11.3. The molecule has 1 amide bonds. The largest absolute Gasteiger partial charge is 0.467 e. The molecule has 1 aromatic rings. The molecule has 19 heavy (non-hydrogen) atoms. The summed E-state index contributed by atoms with van der Waals surface area (Å²) in [5.41, 5.74) is 0. The van der Waals surface area contributed by atoms with E-state index in [9.17, 15) is 4.79 Å². The highest BCUT2D eigenvalue weighted by molar-refractivity contribution is 5.78. The van der Waals surface area contributed by atoms with E-state index < -0.39 is 0 Å². The molecule has 0 saturated heterocycles. The van der Waals surface area contributed by atoms with Gasteiger partial charge in [-0.1, -0.05) is 0 Å². The van der Waals surface area contributed by atoms with Crippen LogP contribution >= 0.6 is 0 Å². The summed E-state index contributed by atoms with van der Waals surface area (Å²) < 4.78 is 5.26. The van der Waals surface area contributed by atoms with Gasteiger partial charge in [-0.2, -0.15) is 0 Å². The second-order valence-electron chi connectivity index (χ2n) is 5.08. The highest BCUT2D eigenvalue weighted by atomic mass is 16.3. The minimum atomic E-state index is -0.110. The first kappa shape index (κ1) is 14.1. The van der Waals surface area contributed by atoms with Crippen LogP contribution in [0.1, 0.15) is 38.0 Å². The van der Waals surface area contributed by atoms with Crippen molar-refractivity contribution < 1.29 is 14.3 Å². The van der Waals surface area contributed by atoms with Crippen molar-refractivity contribution in [2.24, 2.45) is 0 Å². The van der Waals surface area contributed by atoms with Gasteiger partial charge in [-0.05, 0) is 38.3 Å². The summed E-state index contributed by atoms with van der Waals surface area (Å²) in [6.45, 7) is 3.26. The smallest absolute Gasteiger partial charge is 0.234 e. The maximum atomic E-state index is 12.0. The highest BCUT2D eigenvalue weighted by Crippen LogP contribution is 2.26. The lowest BCUT2D eigenvalue weighted by atomic mass is 10.2. The molecule has 0 radical (unpaired) electrons. The summed E-state index contributed by atoms with van der Waals surface area (Å²) in [4.78, 5) is 14.2. The van der Waals surface area contributed by atoms with Crippen LogP contribution < -0.4 is 5.32 Å².